The first-order chi connectivity index (χ1) is 16.5. The van der Waals surface area contributed by atoms with E-state index in [4.69, 9.17) is 9.97 Å². The Labute approximate surface area is 216 Å². The Morgan fingerprint density at radius 3 is 2.71 bits per heavy atom. The third kappa shape index (κ3) is 4.51. The highest BCUT2D eigenvalue weighted by Gasteiger charge is 2.23. The molecule has 9 heteroatoms. The Bertz CT molecular complexity index is 1310. The molecule has 0 unspecified atom stereocenters. The van der Waals surface area contributed by atoms with Crippen molar-refractivity contribution in [1.29, 1.82) is 0 Å². The van der Waals surface area contributed by atoms with Gasteiger partial charge in [-0.3, -0.25) is 8.71 Å². The lowest BCUT2D eigenvalue weighted by Gasteiger charge is -2.30. The molecule has 0 spiro atoms. The molecule has 5 rings (SSSR count). The fourth-order valence-corrected chi connectivity index (χ4v) is 6.56. The monoisotopic (exact) mass is 559 g/mol. The molecule has 1 saturated heterocycles. The molecule has 178 valence electrons. The summed E-state index contributed by atoms with van der Waals surface area (Å²) in [5, 5.41) is 2.89. The van der Waals surface area contributed by atoms with Crippen molar-refractivity contribution in [2.75, 3.05) is 31.3 Å². The van der Waals surface area contributed by atoms with Crippen LogP contribution in [-0.4, -0.2) is 45.1 Å². The molecule has 1 aliphatic rings. The van der Waals surface area contributed by atoms with Crippen LogP contribution in [-0.2, 0) is 6.42 Å². The molecule has 0 radical (unpaired) electrons. The second-order valence-corrected chi connectivity index (χ2v) is 11.1. The zero-order valence-corrected chi connectivity index (χ0v) is 22.7. The Morgan fingerprint density at radius 1 is 1.21 bits per heavy atom. The van der Waals surface area contributed by atoms with Gasteiger partial charge in [-0.1, -0.05) is 24.9 Å². The summed E-state index contributed by atoms with van der Waals surface area (Å²) in [6.45, 7) is 4.39. The number of nitrogens with zero attached hydrogens (tertiary/aromatic N) is 5. The van der Waals surface area contributed by atoms with Crippen LogP contribution in [0.1, 0.15) is 36.9 Å². The first kappa shape index (κ1) is 23.8. The molecule has 0 bridgehead atoms. The van der Waals surface area contributed by atoms with E-state index in [9.17, 15) is 4.39 Å². The van der Waals surface area contributed by atoms with Crippen LogP contribution in [0.2, 0.25) is 0 Å². The van der Waals surface area contributed by atoms with E-state index in [1.165, 1.54) is 30.5 Å². The molecule has 4 heterocycles. The molecule has 4 aromatic rings. The topological polar surface area (TPSA) is 36.7 Å². The van der Waals surface area contributed by atoms with Gasteiger partial charge in [0.1, 0.15) is 17.3 Å². The largest absolute Gasteiger partial charge is 0.305 e. The molecule has 0 aliphatic carbocycles. The Hall–Kier alpha value is -1.94. The van der Waals surface area contributed by atoms with Crippen molar-refractivity contribution >= 4 is 55.8 Å². The van der Waals surface area contributed by atoms with Crippen molar-refractivity contribution in [2.24, 2.45) is 0 Å². The van der Waals surface area contributed by atoms with Gasteiger partial charge in [0, 0.05) is 41.8 Å². The smallest absolute Gasteiger partial charge is 0.191 e. The molecule has 5 nitrogen and oxygen atoms in total. The first-order valence-corrected chi connectivity index (χ1v) is 14.3. The van der Waals surface area contributed by atoms with E-state index < -0.39 is 0 Å². The average molecular weight is 561 g/mol. The van der Waals surface area contributed by atoms with Crippen molar-refractivity contribution < 1.29 is 4.39 Å². The fraction of sp³-hybridized carbons (Fsp3) is 0.360. The van der Waals surface area contributed by atoms with Crippen LogP contribution in [0.25, 0.3) is 16.9 Å². The van der Waals surface area contributed by atoms with Gasteiger partial charge in [0.25, 0.3) is 0 Å². The molecular weight excluding hydrogens is 533 g/mol. The second kappa shape index (κ2) is 9.97. The van der Waals surface area contributed by atoms with Crippen molar-refractivity contribution in [3.63, 3.8) is 0 Å². The Kier molecular flexibility index (Phi) is 6.97. The maximum Gasteiger partial charge on any atom is 0.191 e. The number of rotatable bonds is 6. The third-order valence-corrected chi connectivity index (χ3v) is 8.96. The van der Waals surface area contributed by atoms with Gasteiger partial charge in [-0.25, -0.2) is 14.4 Å². The summed E-state index contributed by atoms with van der Waals surface area (Å²) < 4.78 is 18.9. The van der Waals surface area contributed by atoms with Gasteiger partial charge in [-0.2, -0.15) is 0 Å². The van der Waals surface area contributed by atoms with Gasteiger partial charge in [-0.05, 0) is 77.2 Å². The van der Waals surface area contributed by atoms with Crippen LogP contribution in [0.15, 0.2) is 46.4 Å². The van der Waals surface area contributed by atoms with E-state index in [2.05, 4.69) is 68.1 Å². The third-order valence-electron chi connectivity index (χ3n) is 6.51. The first-order valence-electron chi connectivity index (χ1n) is 11.4. The number of pyridine rings is 1. The number of thiazole rings is 1. The highest BCUT2D eigenvalue weighted by atomic mass is 79.9. The number of fused-ring (bicyclic) bond motifs is 1. The van der Waals surface area contributed by atoms with Crippen LogP contribution < -0.4 is 4.90 Å². The molecule has 0 N–H and O–H groups in total. The molecule has 0 saturated carbocycles. The summed E-state index contributed by atoms with van der Waals surface area (Å²) >= 11 is 6.89. The molecule has 34 heavy (non-hydrogen) atoms. The van der Waals surface area contributed by atoms with Crippen LogP contribution >= 0.6 is 39.2 Å². The van der Waals surface area contributed by atoms with Crippen LogP contribution in [0.4, 0.5) is 15.3 Å². The predicted molar refractivity (Wildman–Crippen MR) is 145 cm³/mol. The van der Waals surface area contributed by atoms with E-state index in [0.29, 0.717) is 10.4 Å². The second-order valence-electron chi connectivity index (χ2n) is 8.51. The number of hydrogen-bond acceptors (Lipinski definition) is 6. The zero-order chi connectivity index (χ0) is 23.8. The minimum atomic E-state index is -0.267. The van der Waals surface area contributed by atoms with E-state index in [1.54, 1.807) is 17.4 Å². The average Bonchev–Trinajstić information content (AvgIpc) is 3.48. The molecule has 1 fully saturated rings. The van der Waals surface area contributed by atoms with Gasteiger partial charge in [0.15, 0.2) is 5.13 Å². The lowest BCUT2D eigenvalue weighted by Crippen LogP contribution is -2.27. The predicted octanol–water partition coefficient (Wildman–Crippen LogP) is 7.15. The summed E-state index contributed by atoms with van der Waals surface area (Å²) in [7, 11) is 2.05. The van der Waals surface area contributed by atoms with E-state index in [1.807, 2.05) is 17.3 Å². The number of aromatic nitrogens is 3. The van der Waals surface area contributed by atoms with Crippen LogP contribution in [0.3, 0.4) is 0 Å². The number of anilines is 2. The van der Waals surface area contributed by atoms with E-state index in [-0.39, 0.29) is 5.82 Å². The van der Waals surface area contributed by atoms with Crippen molar-refractivity contribution in [1.82, 2.24) is 18.7 Å². The van der Waals surface area contributed by atoms with Crippen LogP contribution in [0.5, 0.6) is 0 Å². The Balaban J connectivity index is 1.49. The number of halogens is 2. The lowest BCUT2D eigenvalue weighted by molar-refractivity contribution is 0.346. The summed E-state index contributed by atoms with van der Waals surface area (Å²) in [5.41, 5.74) is 5.09. The molecule has 0 amide bonds. The standard InChI is InChI=1S/C25H27BrFN5S2/c1-4-21-24(30(2)25-29-22(15-34-25)19-7-6-18(27)13-20(19)26)32-14-17(5-8-23(32)28-21)16-9-11-31(33-3)12-10-16/h5-8,13-16H,4,9-12H2,1-3H3. The minimum absolute atomic E-state index is 0.267. The molecule has 1 aromatic carbocycles. The maximum atomic E-state index is 13.5. The quantitative estimate of drug-likeness (QED) is 0.234. The Morgan fingerprint density at radius 2 is 2.00 bits per heavy atom. The molecular formula is C25H27BrFN5S2. The molecule has 3 aromatic heterocycles. The summed E-state index contributed by atoms with van der Waals surface area (Å²) in [5.74, 6) is 1.36. The van der Waals surface area contributed by atoms with Gasteiger partial charge >= 0.3 is 0 Å². The molecule has 0 atom stereocenters. The van der Waals surface area contributed by atoms with E-state index in [0.717, 1.165) is 53.1 Å². The number of piperidine rings is 1. The number of imidazole rings is 1. The fourth-order valence-electron chi connectivity index (χ4n) is 4.63. The summed E-state index contributed by atoms with van der Waals surface area (Å²) in [6.07, 6.45) is 7.62. The lowest BCUT2D eigenvalue weighted by atomic mass is 9.91. The van der Waals surface area contributed by atoms with Crippen molar-refractivity contribution in [2.45, 2.75) is 32.1 Å². The number of benzene rings is 1. The van der Waals surface area contributed by atoms with Crippen molar-refractivity contribution in [3.8, 4) is 11.3 Å². The van der Waals surface area contributed by atoms with Gasteiger partial charge in [-0.15, -0.1) is 11.3 Å². The number of hydrogen-bond donors (Lipinski definition) is 0. The van der Waals surface area contributed by atoms with Gasteiger partial charge < -0.3 is 4.90 Å². The maximum absolute atomic E-state index is 13.5. The number of aryl methyl sites for hydroxylation is 1. The zero-order valence-electron chi connectivity index (χ0n) is 19.5. The van der Waals surface area contributed by atoms with Crippen molar-refractivity contribution in [3.05, 3.63) is 63.5 Å². The minimum Gasteiger partial charge on any atom is -0.305 e. The SMILES string of the molecule is CCc1nc2ccc(C3CCN(SC)CC3)cn2c1N(C)c1nc(-c2ccc(F)cc2Br)cs1. The van der Waals surface area contributed by atoms with Gasteiger partial charge in [0.05, 0.1) is 11.4 Å². The van der Waals surface area contributed by atoms with E-state index >= 15 is 0 Å². The molecule has 1 aliphatic heterocycles. The summed E-state index contributed by atoms with van der Waals surface area (Å²) in [6, 6.07) is 9.10. The van der Waals surface area contributed by atoms with Crippen LogP contribution in [0, 0.1) is 5.82 Å². The highest BCUT2D eigenvalue weighted by Crippen LogP contribution is 2.37. The van der Waals surface area contributed by atoms with Gasteiger partial charge in [0.2, 0.25) is 0 Å². The summed E-state index contributed by atoms with van der Waals surface area (Å²) in [4.78, 5) is 11.9. The normalized spacial score (nSPS) is 15.3. The highest BCUT2D eigenvalue weighted by molar-refractivity contribution is 9.10.